The summed E-state index contributed by atoms with van der Waals surface area (Å²) in [6.45, 7) is 0.344. The highest BCUT2D eigenvalue weighted by Gasteiger charge is 2.69. The Morgan fingerprint density at radius 1 is 0.952 bits per heavy atom. The molecule has 0 radical (unpaired) electrons. The quantitative estimate of drug-likeness (QED) is 0.228. The number of thioether (sulfide) groups is 1. The van der Waals surface area contributed by atoms with E-state index >= 15 is 0 Å². The second-order valence-electron chi connectivity index (χ2n) is 11.4. The number of carbonyl (C=O) groups excluding carboxylic acids is 2. The van der Waals surface area contributed by atoms with E-state index in [1.54, 1.807) is 11.8 Å². The number of ether oxygens (including phenoxy) is 1. The van der Waals surface area contributed by atoms with E-state index in [9.17, 15) is 14.4 Å². The Morgan fingerprint density at radius 2 is 1.74 bits per heavy atom. The van der Waals surface area contributed by atoms with Crippen molar-refractivity contribution in [2.24, 2.45) is 29.6 Å². The average Bonchev–Trinajstić information content (AvgIpc) is 3.71. The second kappa shape index (κ2) is 10.1. The minimum atomic E-state index is -0.354. The van der Waals surface area contributed by atoms with Gasteiger partial charge < -0.3 is 9.72 Å². The monoisotopic (exact) mass is 678 g/mol. The van der Waals surface area contributed by atoms with Crippen LogP contribution in [0.4, 0.5) is 5.69 Å². The van der Waals surface area contributed by atoms with Crippen LogP contribution >= 0.6 is 50.6 Å². The summed E-state index contributed by atoms with van der Waals surface area (Å²) in [5.41, 5.74) is 2.58. The fourth-order valence-corrected chi connectivity index (χ4v) is 11.3. The molecular formula is C32H24BrClN2O4S2. The molecule has 0 spiro atoms. The van der Waals surface area contributed by atoms with E-state index in [1.807, 2.05) is 66.7 Å². The van der Waals surface area contributed by atoms with E-state index in [2.05, 4.69) is 27.0 Å². The lowest BCUT2D eigenvalue weighted by Crippen LogP contribution is -2.42. The Kier molecular flexibility index (Phi) is 6.44. The third kappa shape index (κ3) is 4.08. The van der Waals surface area contributed by atoms with Crippen molar-refractivity contribution in [1.29, 1.82) is 0 Å². The maximum atomic E-state index is 14.0. The van der Waals surface area contributed by atoms with Crippen LogP contribution in [0.2, 0.25) is 5.02 Å². The SMILES string of the molecule is O=C1C2C(C(=O)N1c1ccccc1)[C@@H]1C[C@H]2C2Sc3[nH]c(=O)sc3C(c3cc(Br)ccc3OCc3cccc(Cl)c3)C21. The van der Waals surface area contributed by atoms with Gasteiger partial charge in [0.15, 0.2) is 0 Å². The zero-order chi connectivity index (χ0) is 28.7. The summed E-state index contributed by atoms with van der Waals surface area (Å²) < 4.78 is 7.35. The number of rotatable bonds is 5. The number of carbonyl (C=O) groups is 2. The van der Waals surface area contributed by atoms with Gasteiger partial charge in [0, 0.05) is 31.1 Å². The van der Waals surface area contributed by atoms with Crippen LogP contribution in [0.5, 0.6) is 5.75 Å². The van der Waals surface area contributed by atoms with E-state index in [4.69, 9.17) is 16.3 Å². The summed E-state index contributed by atoms with van der Waals surface area (Å²) in [6, 6.07) is 22.9. The van der Waals surface area contributed by atoms with Crippen molar-refractivity contribution in [2.75, 3.05) is 4.90 Å². The Labute approximate surface area is 263 Å². The molecule has 42 heavy (non-hydrogen) atoms. The molecule has 8 rings (SSSR count). The number of amides is 2. The van der Waals surface area contributed by atoms with Crippen molar-refractivity contribution in [3.05, 3.63) is 108 Å². The molecule has 7 atom stereocenters. The topological polar surface area (TPSA) is 79.5 Å². The van der Waals surface area contributed by atoms with Crippen molar-refractivity contribution in [3.8, 4) is 5.75 Å². The number of nitrogens with one attached hydrogen (secondary N) is 1. The number of imide groups is 1. The van der Waals surface area contributed by atoms with Crippen LogP contribution in [0.3, 0.4) is 0 Å². The van der Waals surface area contributed by atoms with Crippen molar-refractivity contribution < 1.29 is 14.3 Å². The van der Waals surface area contributed by atoms with Gasteiger partial charge >= 0.3 is 4.87 Å². The molecular weight excluding hydrogens is 656 g/mol. The van der Waals surface area contributed by atoms with E-state index < -0.39 is 0 Å². The normalized spacial score (nSPS) is 29.0. The predicted molar refractivity (Wildman–Crippen MR) is 167 cm³/mol. The predicted octanol–water partition coefficient (Wildman–Crippen LogP) is 7.11. The molecule has 2 amide bonds. The smallest absolute Gasteiger partial charge is 0.305 e. The second-order valence-corrected chi connectivity index (χ2v) is 15.0. The zero-order valence-electron chi connectivity index (χ0n) is 22.0. The molecule has 3 aromatic carbocycles. The zero-order valence-corrected chi connectivity index (χ0v) is 26.0. The lowest BCUT2D eigenvalue weighted by Gasteiger charge is -2.43. The maximum Gasteiger partial charge on any atom is 0.305 e. The minimum Gasteiger partial charge on any atom is -0.489 e. The van der Waals surface area contributed by atoms with Gasteiger partial charge in [0.1, 0.15) is 12.4 Å². The van der Waals surface area contributed by atoms with Gasteiger partial charge in [-0.25, -0.2) is 0 Å². The Balaban J connectivity index is 1.21. The summed E-state index contributed by atoms with van der Waals surface area (Å²) in [4.78, 5) is 45.9. The molecule has 2 aliphatic heterocycles. The third-order valence-electron chi connectivity index (χ3n) is 9.33. The number of benzene rings is 3. The van der Waals surface area contributed by atoms with Crippen molar-refractivity contribution >= 4 is 68.1 Å². The number of para-hydroxylation sites is 1. The number of anilines is 1. The van der Waals surface area contributed by atoms with Crippen LogP contribution in [-0.2, 0) is 16.2 Å². The van der Waals surface area contributed by atoms with Crippen molar-refractivity contribution in [2.45, 2.75) is 29.2 Å². The van der Waals surface area contributed by atoms with Crippen LogP contribution in [0.25, 0.3) is 0 Å². The Hall–Kier alpha value is -2.85. The van der Waals surface area contributed by atoms with Gasteiger partial charge in [0.05, 0.1) is 22.5 Å². The van der Waals surface area contributed by atoms with Gasteiger partial charge in [-0.2, -0.15) is 0 Å². The van der Waals surface area contributed by atoms with Crippen LogP contribution in [0, 0.1) is 29.6 Å². The molecule has 1 N–H and O–H groups in total. The van der Waals surface area contributed by atoms with Crippen molar-refractivity contribution in [3.63, 3.8) is 0 Å². The largest absolute Gasteiger partial charge is 0.489 e. The number of aromatic amines is 1. The molecule has 2 bridgehead atoms. The number of halogens is 2. The van der Waals surface area contributed by atoms with Crippen molar-refractivity contribution in [1.82, 2.24) is 4.98 Å². The molecule has 3 fully saturated rings. The highest BCUT2D eigenvalue weighted by atomic mass is 79.9. The molecule has 4 aromatic rings. The molecule has 5 unspecified atom stereocenters. The number of hydrogen-bond acceptors (Lipinski definition) is 6. The number of aromatic nitrogens is 1. The molecule has 212 valence electrons. The maximum absolute atomic E-state index is 14.0. The van der Waals surface area contributed by atoms with E-state index in [0.29, 0.717) is 17.3 Å². The molecule has 10 heteroatoms. The standard InChI is InChI=1S/C32H24BrClN2O4S2/c33-16-9-10-22(40-14-15-5-4-6-17(34)11-15)19(12-16)23-24-20-13-21(27(24)41-29-28(23)42-32(39)35-29)26-25(20)30(37)36(31(26)38)18-7-2-1-3-8-18/h1-12,20-21,23-27H,13-14H2,(H,35,39)/t20-,21-,23?,24?,25?,26?,27?/m1/s1. The third-order valence-corrected chi connectivity index (χ3v) is 12.6. The summed E-state index contributed by atoms with van der Waals surface area (Å²) in [5.74, 6) is -0.110. The van der Waals surface area contributed by atoms with Gasteiger partial charge in [0.25, 0.3) is 0 Å². The first-order chi connectivity index (χ1) is 20.4. The summed E-state index contributed by atoms with van der Waals surface area (Å²) >= 11 is 12.8. The lowest BCUT2D eigenvalue weighted by atomic mass is 9.68. The summed E-state index contributed by atoms with van der Waals surface area (Å²) in [6.07, 6.45) is 0.833. The van der Waals surface area contributed by atoms with E-state index in [-0.39, 0.29) is 57.4 Å². The van der Waals surface area contributed by atoms with Gasteiger partial charge in [-0.05, 0) is 72.2 Å². The van der Waals surface area contributed by atoms with Gasteiger partial charge in [-0.15, -0.1) is 11.8 Å². The van der Waals surface area contributed by atoms with Gasteiger partial charge in [-0.1, -0.05) is 69.2 Å². The molecule has 3 heterocycles. The van der Waals surface area contributed by atoms with E-state index in [0.717, 1.165) is 37.7 Å². The first-order valence-corrected chi connectivity index (χ1v) is 16.7. The molecule has 4 aliphatic rings. The Morgan fingerprint density at radius 3 is 2.52 bits per heavy atom. The molecule has 2 saturated carbocycles. The summed E-state index contributed by atoms with van der Waals surface area (Å²) in [7, 11) is 0. The first kappa shape index (κ1) is 26.8. The van der Waals surface area contributed by atoms with Crippen LogP contribution in [-0.4, -0.2) is 22.0 Å². The average molecular weight is 680 g/mol. The van der Waals surface area contributed by atoms with E-state index in [1.165, 1.54) is 16.2 Å². The number of hydrogen-bond donors (Lipinski definition) is 1. The van der Waals surface area contributed by atoms with Gasteiger partial charge in [-0.3, -0.25) is 19.3 Å². The first-order valence-electron chi connectivity index (χ1n) is 13.9. The van der Waals surface area contributed by atoms with Crippen LogP contribution < -0.4 is 14.5 Å². The fourth-order valence-electron chi connectivity index (χ4n) is 7.88. The molecule has 1 saturated heterocycles. The summed E-state index contributed by atoms with van der Waals surface area (Å²) in [5, 5.41) is 1.63. The minimum absolute atomic E-state index is 0.0257. The molecule has 2 aliphatic carbocycles. The number of fused-ring (bicyclic) bond motifs is 9. The van der Waals surface area contributed by atoms with Crippen LogP contribution in [0.15, 0.2) is 87.1 Å². The lowest BCUT2D eigenvalue weighted by molar-refractivity contribution is -0.123. The molecule has 6 nitrogen and oxygen atoms in total. The number of thiazole rings is 1. The number of H-pyrrole nitrogens is 1. The van der Waals surface area contributed by atoms with Crippen LogP contribution in [0.1, 0.15) is 28.3 Å². The highest BCUT2D eigenvalue weighted by molar-refractivity contribution is 9.10. The number of nitrogens with zero attached hydrogens (tertiary/aromatic N) is 1. The molecule has 1 aromatic heterocycles. The Bertz CT molecular complexity index is 1810. The fraction of sp³-hybridized carbons (Fsp3) is 0.281. The van der Waals surface area contributed by atoms with Gasteiger partial charge in [0.2, 0.25) is 11.8 Å². The highest BCUT2D eigenvalue weighted by Crippen LogP contribution is 2.69.